The molecule has 0 aromatic heterocycles. The van der Waals surface area contributed by atoms with Crippen LogP contribution in [0, 0.1) is 30.1 Å². The van der Waals surface area contributed by atoms with Gasteiger partial charge < -0.3 is 5.11 Å². The Morgan fingerprint density at radius 1 is 1.29 bits per heavy atom. The molecule has 0 heterocycles. The molecule has 3 heteroatoms. The second kappa shape index (κ2) is 7.07. The Hall–Kier alpha value is -1.02. The highest BCUT2D eigenvalue weighted by Crippen LogP contribution is 2.58. The first kappa shape index (κ1) is 17.8. The van der Waals surface area contributed by atoms with E-state index in [-0.39, 0.29) is 5.41 Å². The summed E-state index contributed by atoms with van der Waals surface area (Å²) < 4.78 is 0. The van der Waals surface area contributed by atoms with Crippen LogP contribution in [0.4, 0.5) is 0 Å². The molecule has 2 aliphatic rings. The van der Waals surface area contributed by atoms with Crippen molar-refractivity contribution in [1.29, 1.82) is 0 Å². The number of alkyl halides is 1. The van der Waals surface area contributed by atoms with Gasteiger partial charge in [0.2, 0.25) is 0 Å². The number of aromatic hydroxyl groups is 1. The second-order valence-electron chi connectivity index (χ2n) is 8.19. The number of phenolic OH excluding ortho intramolecular Hbond substituents is 1. The van der Waals surface area contributed by atoms with Crippen LogP contribution in [0.15, 0.2) is 18.2 Å². The van der Waals surface area contributed by atoms with Crippen molar-refractivity contribution in [3.8, 4) is 5.75 Å². The van der Waals surface area contributed by atoms with Gasteiger partial charge in [-0.1, -0.05) is 13.0 Å². The number of ketones is 1. The van der Waals surface area contributed by atoms with E-state index in [9.17, 15) is 9.90 Å². The van der Waals surface area contributed by atoms with Gasteiger partial charge in [-0.15, -0.1) is 11.6 Å². The molecule has 0 bridgehead atoms. The van der Waals surface area contributed by atoms with Gasteiger partial charge in [0.25, 0.3) is 0 Å². The monoisotopic (exact) mass is 348 g/mol. The lowest BCUT2D eigenvalue weighted by molar-refractivity contribution is -0.129. The first-order valence-corrected chi connectivity index (χ1v) is 9.83. The molecular weight excluding hydrogens is 320 g/mol. The van der Waals surface area contributed by atoms with Gasteiger partial charge >= 0.3 is 0 Å². The largest absolute Gasteiger partial charge is 0.508 e. The smallest absolute Gasteiger partial charge is 0.133 e. The maximum atomic E-state index is 12.4. The van der Waals surface area contributed by atoms with E-state index >= 15 is 0 Å². The molecule has 0 aliphatic heterocycles. The van der Waals surface area contributed by atoms with Crippen LogP contribution in [0.5, 0.6) is 5.75 Å². The Labute approximate surface area is 150 Å². The van der Waals surface area contributed by atoms with E-state index in [1.165, 1.54) is 24.0 Å². The van der Waals surface area contributed by atoms with Crippen molar-refractivity contribution in [2.45, 2.75) is 58.8 Å². The Balaban J connectivity index is 1.73. The minimum atomic E-state index is 0.156. The second-order valence-corrected chi connectivity index (χ2v) is 8.57. The number of fused-ring (bicyclic) bond motifs is 1. The minimum Gasteiger partial charge on any atom is -0.508 e. The molecule has 24 heavy (non-hydrogen) atoms. The summed E-state index contributed by atoms with van der Waals surface area (Å²) in [4.78, 5) is 12.4. The third-order valence-corrected chi connectivity index (χ3v) is 7.04. The molecule has 2 saturated carbocycles. The highest BCUT2D eigenvalue weighted by atomic mass is 35.5. The van der Waals surface area contributed by atoms with Crippen LogP contribution < -0.4 is 0 Å². The van der Waals surface area contributed by atoms with E-state index < -0.39 is 0 Å². The Kier molecular flexibility index (Phi) is 5.24. The number of benzene rings is 1. The lowest BCUT2D eigenvalue weighted by Crippen LogP contribution is -2.41. The maximum absolute atomic E-state index is 12.4. The molecule has 1 aromatic rings. The minimum absolute atomic E-state index is 0.156. The molecular formula is C21H29ClO2. The predicted octanol–water partition coefficient (Wildman–Crippen LogP) is 5.27. The van der Waals surface area contributed by atoms with E-state index in [1.807, 2.05) is 12.1 Å². The summed E-state index contributed by atoms with van der Waals surface area (Å²) in [5, 5.41) is 9.73. The van der Waals surface area contributed by atoms with Crippen molar-refractivity contribution >= 4 is 17.4 Å². The number of rotatable bonds is 5. The fourth-order valence-corrected chi connectivity index (χ4v) is 5.76. The van der Waals surface area contributed by atoms with Gasteiger partial charge in [0.15, 0.2) is 0 Å². The lowest BCUT2D eigenvalue weighted by atomic mass is 9.59. The highest BCUT2D eigenvalue weighted by molar-refractivity contribution is 6.17. The van der Waals surface area contributed by atoms with Crippen molar-refractivity contribution in [1.82, 2.24) is 0 Å². The van der Waals surface area contributed by atoms with Gasteiger partial charge in [0.05, 0.1) is 0 Å². The van der Waals surface area contributed by atoms with Crippen molar-refractivity contribution in [2.24, 2.45) is 23.2 Å². The van der Waals surface area contributed by atoms with Crippen LogP contribution in [-0.2, 0) is 11.2 Å². The van der Waals surface area contributed by atoms with Gasteiger partial charge in [-0.3, -0.25) is 4.79 Å². The average Bonchev–Trinajstić information content (AvgIpc) is 2.85. The standard InChI is InChI=1S/C21H29ClO2/c1-14-3-7-18(23)11-15(14)4-5-16-12-19(24)13-21(2)17(9-10-22)6-8-20(16)21/h3,7,11,16-17,20,23H,4-6,8-10,12-13H2,1-2H3/t16?,17-,20?,21?/m1/s1. The topological polar surface area (TPSA) is 37.3 Å². The number of halogens is 1. The molecule has 1 aromatic carbocycles. The summed E-state index contributed by atoms with van der Waals surface area (Å²) >= 11 is 6.01. The number of phenols is 1. The van der Waals surface area contributed by atoms with Crippen LogP contribution in [0.1, 0.15) is 56.6 Å². The molecule has 1 N–H and O–H groups in total. The molecule has 0 saturated heterocycles. The van der Waals surface area contributed by atoms with Gasteiger partial charge in [-0.2, -0.15) is 0 Å². The summed E-state index contributed by atoms with van der Waals surface area (Å²) in [7, 11) is 0. The van der Waals surface area contributed by atoms with E-state index in [4.69, 9.17) is 11.6 Å². The maximum Gasteiger partial charge on any atom is 0.133 e. The molecule has 2 nitrogen and oxygen atoms in total. The van der Waals surface area contributed by atoms with Crippen molar-refractivity contribution < 1.29 is 9.90 Å². The van der Waals surface area contributed by atoms with Crippen LogP contribution in [0.2, 0.25) is 0 Å². The van der Waals surface area contributed by atoms with E-state index in [0.29, 0.717) is 35.2 Å². The molecule has 0 amide bonds. The molecule has 0 radical (unpaired) electrons. The number of hydrogen-bond donors (Lipinski definition) is 1. The summed E-state index contributed by atoms with van der Waals surface area (Å²) in [5.74, 6) is 3.22. The van der Waals surface area contributed by atoms with Crippen LogP contribution >= 0.6 is 11.6 Å². The van der Waals surface area contributed by atoms with Gasteiger partial charge in [0.1, 0.15) is 11.5 Å². The normalized spacial score (nSPS) is 32.8. The molecule has 3 rings (SSSR count). The third kappa shape index (κ3) is 3.35. The zero-order valence-electron chi connectivity index (χ0n) is 14.9. The first-order valence-electron chi connectivity index (χ1n) is 9.30. The zero-order chi connectivity index (χ0) is 17.3. The molecule has 2 aliphatic carbocycles. The van der Waals surface area contributed by atoms with E-state index in [0.717, 1.165) is 32.1 Å². The number of carbonyl (C=O) groups is 1. The fraction of sp³-hybridized carbons (Fsp3) is 0.667. The van der Waals surface area contributed by atoms with Gasteiger partial charge in [-0.25, -0.2) is 0 Å². The highest BCUT2D eigenvalue weighted by Gasteiger charge is 2.52. The van der Waals surface area contributed by atoms with E-state index in [2.05, 4.69) is 13.8 Å². The van der Waals surface area contributed by atoms with Crippen molar-refractivity contribution in [3.63, 3.8) is 0 Å². The molecule has 4 atom stereocenters. The average molecular weight is 349 g/mol. The number of hydrogen-bond acceptors (Lipinski definition) is 2. The van der Waals surface area contributed by atoms with Gasteiger partial charge in [0, 0.05) is 18.7 Å². The lowest BCUT2D eigenvalue weighted by Gasteiger charge is -2.44. The number of aryl methyl sites for hydroxylation is 2. The molecule has 3 unspecified atom stereocenters. The predicted molar refractivity (Wildman–Crippen MR) is 98.6 cm³/mol. The molecule has 2 fully saturated rings. The Morgan fingerprint density at radius 3 is 2.83 bits per heavy atom. The fourth-order valence-electron chi connectivity index (χ4n) is 5.50. The van der Waals surface area contributed by atoms with E-state index in [1.54, 1.807) is 6.07 Å². The first-order chi connectivity index (χ1) is 11.4. The summed E-state index contributed by atoms with van der Waals surface area (Å²) in [5.41, 5.74) is 2.59. The van der Waals surface area contributed by atoms with Crippen LogP contribution in [-0.4, -0.2) is 16.8 Å². The summed E-state index contributed by atoms with van der Waals surface area (Å²) in [6, 6.07) is 5.60. The quantitative estimate of drug-likeness (QED) is 0.735. The molecule has 132 valence electrons. The van der Waals surface area contributed by atoms with Gasteiger partial charge in [-0.05, 0) is 85.5 Å². The molecule has 0 spiro atoms. The summed E-state index contributed by atoms with van der Waals surface area (Å²) in [6.07, 6.45) is 7.00. The van der Waals surface area contributed by atoms with Crippen molar-refractivity contribution in [2.75, 3.05) is 5.88 Å². The van der Waals surface area contributed by atoms with Crippen LogP contribution in [0.25, 0.3) is 0 Å². The van der Waals surface area contributed by atoms with Crippen LogP contribution in [0.3, 0.4) is 0 Å². The van der Waals surface area contributed by atoms with Crippen molar-refractivity contribution in [3.05, 3.63) is 29.3 Å². The number of Topliss-reactive ketones (excluding diaryl/α,β-unsaturated/α-hetero) is 1. The summed E-state index contributed by atoms with van der Waals surface area (Å²) in [6.45, 7) is 4.43. The zero-order valence-corrected chi connectivity index (χ0v) is 15.6. The SMILES string of the molecule is Cc1ccc(O)cc1CCC1CC(=O)CC2(C)C1CC[C@@H]2CCCl. The Morgan fingerprint density at radius 2 is 2.08 bits per heavy atom. The number of carbonyl (C=O) groups excluding carboxylic acids is 1. The Bertz CT molecular complexity index is 612. The third-order valence-electron chi connectivity index (χ3n) is 6.82.